The third kappa shape index (κ3) is 3.18. The van der Waals surface area contributed by atoms with Crippen LogP contribution in [0.2, 0.25) is 0 Å². The van der Waals surface area contributed by atoms with E-state index in [-0.39, 0.29) is 18.4 Å². The maximum absolute atomic E-state index is 13.2. The molecule has 0 unspecified atom stereocenters. The van der Waals surface area contributed by atoms with Crippen LogP contribution < -0.4 is 10.9 Å². The summed E-state index contributed by atoms with van der Waals surface area (Å²) in [5.74, 6) is -0.0662. The van der Waals surface area contributed by atoms with Crippen molar-refractivity contribution in [1.29, 1.82) is 0 Å². The number of hydrogen-bond acceptors (Lipinski definition) is 4. The summed E-state index contributed by atoms with van der Waals surface area (Å²) in [6.07, 6.45) is 0. The monoisotopic (exact) mass is 404 g/mol. The predicted octanol–water partition coefficient (Wildman–Crippen LogP) is 4.19. The number of fused-ring (bicyclic) bond motifs is 1. The zero-order chi connectivity index (χ0) is 21.6. The van der Waals surface area contributed by atoms with Crippen molar-refractivity contribution in [3.8, 4) is 0 Å². The van der Waals surface area contributed by atoms with Crippen molar-refractivity contribution in [2.24, 2.45) is 0 Å². The lowest BCUT2D eigenvalue weighted by atomic mass is 9.92. The van der Waals surface area contributed by atoms with Gasteiger partial charge in [0.2, 0.25) is 0 Å². The standard InChI is InChI=1S/C24H24N2O4/c1-14(2)18-12-19-16(11-21(27)30-20(19)10-15(18)3)13-26-22(28)24(4,25-23(26)29)17-8-6-5-7-9-17/h5-12,14H,13H2,1-4H3,(H,25,29)/t24-/m0/s1. The van der Waals surface area contributed by atoms with Gasteiger partial charge in [-0.15, -0.1) is 0 Å². The van der Waals surface area contributed by atoms with Gasteiger partial charge in [0.05, 0.1) is 6.54 Å². The number of rotatable bonds is 4. The van der Waals surface area contributed by atoms with Gasteiger partial charge in [0.15, 0.2) is 0 Å². The van der Waals surface area contributed by atoms with E-state index in [1.54, 1.807) is 6.92 Å². The second-order valence-electron chi connectivity index (χ2n) is 8.26. The molecule has 154 valence electrons. The van der Waals surface area contributed by atoms with Crippen molar-refractivity contribution >= 4 is 22.9 Å². The molecule has 1 aromatic heterocycles. The van der Waals surface area contributed by atoms with Gasteiger partial charge < -0.3 is 9.73 Å². The second kappa shape index (κ2) is 7.13. The van der Waals surface area contributed by atoms with E-state index in [4.69, 9.17) is 4.42 Å². The van der Waals surface area contributed by atoms with Gasteiger partial charge in [-0.2, -0.15) is 0 Å². The first-order valence-corrected chi connectivity index (χ1v) is 9.97. The van der Waals surface area contributed by atoms with Crippen LogP contribution in [0.5, 0.6) is 0 Å². The number of urea groups is 1. The summed E-state index contributed by atoms with van der Waals surface area (Å²) >= 11 is 0. The molecule has 2 aromatic carbocycles. The molecule has 6 heteroatoms. The van der Waals surface area contributed by atoms with E-state index in [9.17, 15) is 14.4 Å². The Kier molecular flexibility index (Phi) is 4.73. The Labute approximate surface area is 174 Å². The first kappa shape index (κ1) is 19.9. The van der Waals surface area contributed by atoms with Crippen LogP contribution in [0.4, 0.5) is 4.79 Å². The van der Waals surface area contributed by atoms with Gasteiger partial charge in [0.1, 0.15) is 11.1 Å². The molecule has 2 heterocycles. The minimum atomic E-state index is -1.15. The van der Waals surface area contributed by atoms with Crippen LogP contribution in [0.15, 0.2) is 57.7 Å². The molecule has 1 fully saturated rings. The van der Waals surface area contributed by atoms with Crippen LogP contribution in [0, 0.1) is 6.92 Å². The Morgan fingerprint density at radius 2 is 1.77 bits per heavy atom. The Balaban J connectivity index is 1.77. The van der Waals surface area contributed by atoms with Gasteiger partial charge in [-0.3, -0.25) is 9.69 Å². The predicted molar refractivity (Wildman–Crippen MR) is 114 cm³/mol. The van der Waals surface area contributed by atoms with E-state index in [1.807, 2.05) is 49.4 Å². The van der Waals surface area contributed by atoms with Gasteiger partial charge in [0, 0.05) is 11.5 Å². The van der Waals surface area contributed by atoms with E-state index in [0.29, 0.717) is 16.7 Å². The number of nitrogens with zero attached hydrogens (tertiary/aromatic N) is 1. The highest BCUT2D eigenvalue weighted by Crippen LogP contribution is 2.32. The topological polar surface area (TPSA) is 79.6 Å². The van der Waals surface area contributed by atoms with Crippen LogP contribution in [0.1, 0.15) is 48.9 Å². The lowest BCUT2D eigenvalue weighted by molar-refractivity contribution is -0.131. The molecule has 6 nitrogen and oxygen atoms in total. The van der Waals surface area contributed by atoms with Crippen LogP contribution >= 0.6 is 0 Å². The molecule has 0 radical (unpaired) electrons. The molecule has 0 aliphatic carbocycles. The first-order chi connectivity index (χ1) is 14.2. The number of hydrogen-bond donors (Lipinski definition) is 1. The molecule has 3 amide bonds. The number of carbonyl (C=O) groups is 2. The van der Waals surface area contributed by atoms with Gasteiger partial charge in [0.25, 0.3) is 5.91 Å². The lowest BCUT2D eigenvalue weighted by Crippen LogP contribution is -2.40. The van der Waals surface area contributed by atoms with Crippen molar-refractivity contribution in [2.45, 2.75) is 45.7 Å². The minimum absolute atomic E-state index is 0.00418. The molecule has 1 aliphatic heterocycles. The average molecular weight is 404 g/mol. The SMILES string of the molecule is Cc1cc2oc(=O)cc(CN3C(=O)N[C@@](C)(c4ccccc4)C3=O)c2cc1C(C)C. The van der Waals surface area contributed by atoms with Crippen molar-refractivity contribution in [2.75, 3.05) is 0 Å². The highest BCUT2D eigenvalue weighted by molar-refractivity contribution is 6.07. The molecule has 1 atom stereocenters. The highest BCUT2D eigenvalue weighted by atomic mass is 16.4. The van der Waals surface area contributed by atoms with Gasteiger partial charge >= 0.3 is 11.7 Å². The summed E-state index contributed by atoms with van der Waals surface area (Å²) in [6, 6.07) is 13.8. The number of carbonyl (C=O) groups excluding carboxylic acids is 2. The van der Waals surface area contributed by atoms with E-state index in [0.717, 1.165) is 21.4 Å². The number of nitrogens with one attached hydrogen (secondary N) is 1. The Morgan fingerprint density at radius 3 is 2.43 bits per heavy atom. The second-order valence-corrected chi connectivity index (χ2v) is 8.26. The minimum Gasteiger partial charge on any atom is -0.423 e. The van der Waals surface area contributed by atoms with E-state index in [1.165, 1.54) is 6.07 Å². The largest absolute Gasteiger partial charge is 0.423 e. The van der Waals surface area contributed by atoms with Crippen LogP contribution in [0.25, 0.3) is 11.0 Å². The quantitative estimate of drug-likeness (QED) is 0.522. The third-order valence-electron chi connectivity index (χ3n) is 5.79. The van der Waals surface area contributed by atoms with Crippen molar-refractivity contribution < 1.29 is 14.0 Å². The van der Waals surface area contributed by atoms with Crippen LogP contribution in [0.3, 0.4) is 0 Å². The van der Waals surface area contributed by atoms with E-state index in [2.05, 4.69) is 19.2 Å². The molecule has 30 heavy (non-hydrogen) atoms. The summed E-state index contributed by atoms with van der Waals surface area (Å²) in [5, 5.41) is 3.54. The highest BCUT2D eigenvalue weighted by Gasteiger charge is 2.48. The number of amides is 3. The zero-order valence-electron chi connectivity index (χ0n) is 17.5. The smallest absolute Gasteiger partial charge is 0.336 e. The van der Waals surface area contributed by atoms with Gasteiger partial charge in [-0.25, -0.2) is 9.59 Å². The van der Waals surface area contributed by atoms with Gasteiger partial charge in [-0.05, 0) is 54.2 Å². The Bertz CT molecular complexity index is 1210. The Morgan fingerprint density at radius 1 is 1.07 bits per heavy atom. The van der Waals surface area contributed by atoms with Gasteiger partial charge in [-0.1, -0.05) is 44.2 Å². The molecule has 1 aliphatic rings. The van der Waals surface area contributed by atoms with Crippen LogP contribution in [-0.4, -0.2) is 16.8 Å². The molecule has 0 bridgehead atoms. The molecule has 0 saturated carbocycles. The molecule has 0 spiro atoms. The third-order valence-corrected chi connectivity index (χ3v) is 5.79. The molecule has 3 aromatic rings. The molecule has 4 rings (SSSR count). The summed E-state index contributed by atoms with van der Waals surface area (Å²) in [6.45, 7) is 7.85. The zero-order valence-corrected chi connectivity index (χ0v) is 17.5. The number of benzene rings is 2. The maximum atomic E-state index is 13.2. The van der Waals surface area contributed by atoms with Crippen LogP contribution in [-0.2, 0) is 16.9 Å². The summed E-state index contributed by atoms with van der Waals surface area (Å²) in [7, 11) is 0. The molecular weight excluding hydrogens is 380 g/mol. The fourth-order valence-electron chi connectivity index (χ4n) is 4.12. The summed E-state index contributed by atoms with van der Waals surface area (Å²) in [4.78, 5) is 39.3. The number of imide groups is 1. The Hall–Kier alpha value is -3.41. The maximum Gasteiger partial charge on any atom is 0.336 e. The average Bonchev–Trinajstić information content (AvgIpc) is 2.91. The van der Waals surface area contributed by atoms with Crippen molar-refractivity contribution in [3.63, 3.8) is 0 Å². The fraction of sp³-hybridized carbons (Fsp3) is 0.292. The molecular formula is C24H24N2O4. The lowest BCUT2D eigenvalue weighted by Gasteiger charge is -2.22. The molecule has 1 N–H and O–H groups in total. The van der Waals surface area contributed by atoms with E-state index < -0.39 is 17.2 Å². The molecule has 1 saturated heterocycles. The van der Waals surface area contributed by atoms with Crippen molar-refractivity contribution in [1.82, 2.24) is 10.2 Å². The number of aryl methyl sites for hydroxylation is 1. The fourth-order valence-corrected chi connectivity index (χ4v) is 4.12. The summed E-state index contributed by atoms with van der Waals surface area (Å²) < 4.78 is 5.39. The first-order valence-electron chi connectivity index (χ1n) is 9.97. The van der Waals surface area contributed by atoms with E-state index >= 15 is 0 Å². The summed E-state index contributed by atoms with van der Waals surface area (Å²) in [5.41, 5.74) is 2.26. The normalized spacial score (nSPS) is 19.0. The van der Waals surface area contributed by atoms with Crippen molar-refractivity contribution in [3.05, 3.63) is 81.2 Å².